The molecule has 2 aromatic rings. The van der Waals surface area contributed by atoms with Gasteiger partial charge in [0, 0.05) is 10.9 Å². The van der Waals surface area contributed by atoms with Crippen molar-refractivity contribution in [3.8, 4) is 16.2 Å². The van der Waals surface area contributed by atoms with E-state index in [-0.39, 0.29) is 5.91 Å². The third-order valence-electron chi connectivity index (χ3n) is 4.17. The largest absolute Gasteiger partial charge is 0.497 e. The first kappa shape index (κ1) is 12.9. The second-order valence-corrected chi connectivity index (χ2v) is 6.79. The summed E-state index contributed by atoms with van der Waals surface area (Å²) in [6.45, 7) is 0. The number of nitrogens with one attached hydrogen (secondary N) is 1. The fraction of sp³-hybridized carbons (Fsp3) is 0.353. The summed E-state index contributed by atoms with van der Waals surface area (Å²) in [5.41, 5.74) is 3.88. The lowest BCUT2D eigenvalue weighted by molar-refractivity contribution is 0.0955. The van der Waals surface area contributed by atoms with E-state index in [0.29, 0.717) is 6.04 Å². The van der Waals surface area contributed by atoms with Gasteiger partial charge < -0.3 is 10.1 Å². The van der Waals surface area contributed by atoms with Gasteiger partial charge in [0.2, 0.25) is 0 Å². The monoisotopic (exact) mass is 299 g/mol. The van der Waals surface area contributed by atoms with Crippen LogP contribution in [0.2, 0.25) is 0 Å². The van der Waals surface area contributed by atoms with Crippen molar-refractivity contribution in [2.24, 2.45) is 0 Å². The van der Waals surface area contributed by atoms with E-state index in [1.54, 1.807) is 18.4 Å². The van der Waals surface area contributed by atoms with Crippen molar-refractivity contribution >= 4 is 17.2 Å². The van der Waals surface area contributed by atoms with Gasteiger partial charge in [0.15, 0.2) is 0 Å². The Hall–Kier alpha value is -1.81. The highest BCUT2D eigenvalue weighted by molar-refractivity contribution is 7.17. The van der Waals surface area contributed by atoms with Crippen molar-refractivity contribution in [3.05, 3.63) is 40.3 Å². The minimum absolute atomic E-state index is 0.0898. The molecule has 1 amide bonds. The van der Waals surface area contributed by atoms with E-state index in [9.17, 15) is 4.79 Å². The number of ether oxygens (including phenoxy) is 1. The molecule has 2 aliphatic carbocycles. The Morgan fingerprint density at radius 3 is 2.81 bits per heavy atom. The topological polar surface area (TPSA) is 38.3 Å². The van der Waals surface area contributed by atoms with Crippen LogP contribution < -0.4 is 10.1 Å². The highest BCUT2D eigenvalue weighted by atomic mass is 32.1. The average Bonchev–Trinajstić information content (AvgIpc) is 3.20. The van der Waals surface area contributed by atoms with Gasteiger partial charge in [-0.1, -0.05) is 0 Å². The molecule has 0 spiro atoms. The van der Waals surface area contributed by atoms with E-state index >= 15 is 0 Å². The summed E-state index contributed by atoms with van der Waals surface area (Å²) in [4.78, 5) is 14.3. The number of carbonyl (C=O) groups is 1. The van der Waals surface area contributed by atoms with Crippen LogP contribution in [0.4, 0.5) is 0 Å². The van der Waals surface area contributed by atoms with Gasteiger partial charge >= 0.3 is 0 Å². The van der Waals surface area contributed by atoms with Gasteiger partial charge in [0.05, 0.1) is 12.0 Å². The maximum Gasteiger partial charge on any atom is 0.261 e. The zero-order valence-electron chi connectivity index (χ0n) is 11.9. The Bertz CT molecular complexity index is 716. The predicted molar refractivity (Wildman–Crippen MR) is 84.2 cm³/mol. The standard InChI is InChI=1S/C17H17NO2S/c1-20-13-6-7-14-10(8-13)2-3-11-9-15(21-16(11)14)17(19)18-12-4-5-12/h6-9,12H,2-5H2,1H3,(H,18,19). The predicted octanol–water partition coefficient (Wildman–Crippen LogP) is 3.41. The number of hydrogen-bond donors (Lipinski definition) is 1. The van der Waals surface area contributed by atoms with Crippen LogP contribution in [0.25, 0.3) is 10.4 Å². The normalized spacial score (nSPS) is 16.0. The maximum absolute atomic E-state index is 12.2. The molecule has 0 atom stereocenters. The zero-order valence-corrected chi connectivity index (χ0v) is 12.8. The smallest absolute Gasteiger partial charge is 0.261 e. The lowest BCUT2D eigenvalue weighted by atomic mass is 9.91. The fourth-order valence-electron chi connectivity index (χ4n) is 2.83. The lowest BCUT2D eigenvalue weighted by Gasteiger charge is -2.16. The van der Waals surface area contributed by atoms with E-state index < -0.39 is 0 Å². The Morgan fingerprint density at radius 1 is 1.24 bits per heavy atom. The van der Waals surface area contributed by atoms with Crippen LogP contribution in [-0.4, -0.2) is 19.1 Å². The van der Waals surface area contributed by atoms with Crippen LogP contribution in [-0.2, 0) is 12.8 Å². The molecule has 1 fully saturated rings. The van der Waals surface area contributed by atoms with Gasteiger partial charge in [-0.05, 0) is 66.6 Å². The van der Waals surface area contributed by atoms with Gasteiger partial charge in [-0.15, -0.1) is 11.3 Å². The maximum atomic E-state index is 12.2. The quantitative estimate of drug-likeness (QED) is 0.943. The number of carbonyl (C=O) groups excluding carboxylic acids is 1. The molecule has 2 aliphatic rings. The number of hydrogen-bond acceptors (Lipinski definition) is 3. The second kappa shape index (κ2) is 4.88. The summed E-state index contributed by atoms with van der Waals surface area (Å²) in [6.07, 6.45) is 4.27. The third-order valence-corrected chi connectivity index (χ3v) is 5.38. The molecule has 0 radical (unpaired) electrons. The minimum Gasteiger partial charge on any atom is -0.497 e. The molecule has 3 nitrogen and oxygen atoms in total. The van der Waals surface area contributed by atoms with Crippen molar-refractivity contribution in [3.63, 3.8) is 0 Å². The summed E-state index contributed by atoms with van der Waals surface area (Å²) in [5.74, 6) is 0.993. The molecule has 1 saturated carbocycles. The number of aryl methyl sites for hydroxylation is 2. The Kier molecular flexibility index (Phi) is 3.00. The summed E-state index contributed by atoms with van der Waals surface area (Å²) in [5, 5.41) is 3.07. The number of thiophene rings is 1. The highest BCUT2D eigenvalue weighted by Crippen LogP contribution is 2.40. The van der Waals surface area contributed by atoms with Crippen LogP contribution in [0.5, 0.6) is 5.75 Å². The van der Waals surface area contributed by atoms with E-state index in [4.69, 9.17) is 4.74 Å². The minimum atomic E-state index is 0.0898. The van der Waals surface area contributed by atoms with E-state index in [1.807, 2.05) is 6.07 Å². The molecule has 108 valence electrons. The number of benzene rings is 1. The number of methoxy groups -OCH3 is 1. The van der Waals surface area contributed by atoms with E-state index in [0.717, 1.165) is 36.3 Å². The molecule has 4 rings (SSSR count). The van der Waals surface area contributed by atoms with Gasteiger partial charge in [0.1, 0.15) is 5.75 Å². The summed E-state index contributed by atoms with van der Waals surface area (Å²) >= 11 is 1.62. The summed E-state index contributed by atoms with van der Waals surface area (Å²) in [6, 6.07) is 8.71. The molecule has 0 bridgehead atoms. The highest BCUT2D eigenvalue weighted by Gasteiger charge is 2.26. The third kappa shape index (κ3) is 2.33. The molecule has 0 saturated heterocycles. The molecule has 0 aliphatic heterocycles. The summed E-state index contributed by atoms with van der Waals surface area (Å²) in [7, 11) is 1.70. The first-order valence-electron chi connectivity index (χ1n) is 7.35. The van der Waals surface area contributed by atoms with Crippen molar-refractivity contribution in [1.29, 1.82) is 0 Å². The number of rotatable bonds is 3. The molecule has 1 heterocycles. The molecule has 1 aromatic heterocycles. The average molecular weight is 299 g/mol. The molecule has 1 aromatic carbocycles. The number of amides is 1. The first-order valence-corrected chi connectivity index (χ1v) is 8.17. The van der Waals surface area contributed by atoms with Crippen LogP contribution in [0.15, 0.2) is 24.3 Å². The van der Waals surface area contributed by atoms with Crippen molar-refractivity contribution in [2.75, 3.05) is 7.11 Å². The molecule has 4 heteroatoms. The van der Waals surface area contributed by atoms with Crippen LogP contribution >= 0.6 is 11.3 Å². The van der Waals surface area contributed by atoms with Crippen LogP contribution in [0, 0.1) is 0 Å². The molecule has 0 unspecified atom stereocenters. The van der Waals surface area contributed by atoms with Crippen molar-refractivity contribution in [1.82, 2.24) is 5.32 Å². The summed E-state index contributed by atoms with van der Waals surface area (Å²) < 4.78 is 5.30. The van der Waals surface area contributed by atoms with E-state index in [2.05, 4.69) is 23.5 Å². The zero-order chi connectivity index (χ0) is 14.4. The Balaban J connectivity index is 1.69. The van der Waals surface area contributed by atoms with Crippen molar-refractivity contribution < 1.29 is 9.53 Å². The first-order chi connectivity index (χ1) is 10.2. The van der Waals surface area contributed by atoms with Gasteiger partial charge in [-0.25, -0.2) is 0 Å². The molecule has 21 heavy (non-hydrogen) atoms. The van der Waals surface area contributed by atoms with Crippen molar-refractivity contribution in [2.45, 2.75) is 31.7 Å². The SMILES string of the molecule is COc1ccc2c(c1)CCc1cc(C(=O)NC3CC3)sc1-2. The molecular formula is C17H17NO2S. The van der Waals surface area contributed by atoms with Gasteiger partial charge in [-0.2, -0.15) is 0 Å². The van der Waals surface area contributed by atoms with Crippen LogP contribution in [0.3, 0.4) is 0 Å². The van der Waals surface area contributed by atoms with Crippen LogP contribution in [0.1, 0.15) is 33.6 Å². The Labute approximate surface area is 127 Å². The van der Waals surface area contributed by atoms with Gasteiger partial charge in [0.25, 0.3) is 5.91 Å². The molecule has 1 N–H and O–H groups in total. The lowest BCUT2D eigenvalue weighted by Crippen LogP contribution is -2.24. The molecular weight excluding hydrogens is 282 g/mol. The van der Waals surface area contributed by atoms with E-state index in [1.165, 1.54) is 21.6 Å². The fourth-order valence-corrected chi connectivity index (χ4v) is 4.01. The second-order valence-electron chi connectivity index (χ2n) is 5.74. The van der Waals surface area contributed by atoms with Gasteiger partial charge in [-0.3, -0.25) is 4.79 Å². The number of fused-ring (bicyclic) bond motifs is 3. The Morgan fingerprint density at radius 2 is 2.05 bits per heavy atom.